The SMILES string of the molecule is CC(=NNc1cc(N2CCOCC2)ncn1)c1ccc(O)c(C)c1. The van der Waals surface area contributed by atoms with Crippen LogP contribution in [-0.4, -0.2) is 47.1 Å². The Hall–Kier alpha value is -2.67. The van der Waals surface area contributed by atoms with Gasteiger partial charge in [-0.2, -0.15) is 5.10 Å². The highest BCUT2D eigenvalue weighted by Gasteiger charge is 2.12. The Morgan fingerprint density at radius 1 is 1.25 bits per heavy atom. The number of morpholine rings is 1. The third-order valence-corrected chi connectivity index (χ3v) is 3.94. The number of benzene rings is 1. The molecule has 2 aromatic rings. The molecular weight excluding hydrogens is 306 g/mol. The summed E-state index contributed by atoms with van der Waals surface area (Å²) in [4.78, 5) is 10.7. The summed E-state index contributed by atoms with van der Waals surface area (Å²) in [6, 6.07) is 7.28. The molecule has 126 valence electrons. The van der Waals surface area contributed by atoms with Crippen LogP contribution in [0, 0.1) is 6.92 Å². The van der Waals surface area contributed by atoms with Crippen LogP contribution in [0.5, 0.6) is 5.75 Å². The van der Waals surface area contributed by atoms with Crippen molar-refractivity contribution in [2.24, 2.45) is 5.10 Å². The highest BCUT2D eigenvalue weighted by Crippen LogP contribution is 2.18. The van der Waals surface area contributed by atoms with Crippen LogP contribution in [-0.2, 0) is 4.74 Å². The lowest BCUT2D eigenvalue weighted by atomic mass is 10.1. The number of hydrogen-bond donors (Lipinski definition) is 2. The molecule has 24 heavy (non-hydrogen) atoms. The third-order valence-electron chi connectivity index (χ3n) is 3.94. The van der Waals surface area contributed by atoms with E-state index in [1.807, 2.05) is 32.0 Å². The minimum atomic E-state index is 0.283. The molecule has 1 aliphatic rings. The maximum absolute atomic E-state index is 9.60. The van der Waals surface area contributed by atoms with Gasteiger partial charge in [0.05, 0.1) is 18.9 Å². The summed E-state index contributed by atoms with van der Waals surface area (Å²) in [6.07, 6.45) is 1.53. The van der Waals surface area contributed by atoms with E-state index in [2.05, 4.69) is 25.4 Å². The van der Waals surface area contributed by atoms with E-state index < -0.39 is 0 Å². The second kappa shape index (κ2) is 7.27. The van der Waals surface area contributed by atoms with E-state index in [9.17, 15) is 5.11 Å². The first-order valence-corrected chi connectivity index (χ1v) is 7.88. The smallest absolute Gasteiger partial charge is 0.151 e. The lowest BCUT2D eigenvalue weighted by molar-refractivity contribution is 0.122. The van der Waals surface area contributed by atoms with Gasteiger partial charge >= 0.3 is 0 Å². The summed E-state index contributed by atoms with van der Waals surface area (Å²) in [7, 11) is 0. The Labute approximate surface area is 141 Å². The number of aryl methyl sites for hydroxylation is 1. The van der Waals surface area contributed by atoms with Gasteiger partial charge in [-0.3, -0.25) is 5.43 Å². The Balaban J connectivity index is 1.72. The van der Waals surface area contributed by atoms with Crippen molar-refractivity contribution in [2.75, 3.05) is 36.6 Å². The number of hydrazone groups is 1. The summed E-state index contributed by atoms with van der Waals surface area (Å²) in [6.45, 7) is 6.84. The Morgan fingerprint density at radius 3 is 2.79 bits per heavy atom. The van der Waals surface area contributed by atoms with E-state index >= 15 is 0 Å². The monoisotopic (exact) mass is 327 g/mol. The van der Waals surface area contributed by atoms with Crippen molar-refractivity contribution in [2.45, 2.75) is 13.8 Å². The van der Waals surface area contributed by atoms with Crippen LogP contribution in [0.2, 0.25) is 0 Å². The number of phenolic OH excluding ortho intramolecular Hbond substituents is 1. The molecule has 1 aromatic carbocycles. The second-order valence-electron chi connectivity index (χ2n) is 5.67. The average molecular weight is 327 g/mol. The lowest BCUT2D eigenvalue weighted by Gasteiger charge is -2.27. The number of nitrogens with one attached hydrogen (secondary N) is 1. The fourth-order valence-corrected chi connectivity index (χ4v) is 2.46. The first-order chi connectivity index (χ1) is 11.6. The van der Waals surface area contributed by atoms with Gasteiger partial charge in [-0.25, -0.2) is 9.97 Å². The first-order valence-electron chi connectivity index (χ1n) is 7.88. The van der Waals surface area contributed by atoms with Crippen molar-refractivity contribution in [3.8, 4) is 5.75 Å². The zero-order valence-corrected chi connectivity index (χ0v) is 13.9. The van der Waals surface area contributed by atoms with Gasteiger partial charge in [-0.1, -0.05) is 0 Å². The van der Waals surface area contributed by atoms with Crippen molar-refractivity contribution in [3.63, 3.8) is 0 Å². The highest BCUT2D eigenvalue weighted by atomic mass is 16.5. The van der Waals surface area contributed by atoms with Crippen molar-refractivity contribution in [1.29, 1.82) is 0 Å². The summed E-state index contributed by atoms with van der Waals surface area (Å²) >= 11 is 0. The number of aromatic hydroxyl groups is 1. The van der Waals surface area contributed by atoms with Crippen LogP contribution < -0.4 is 10.3 Å². The van der Waals surface area contributed by atoms with E-state index in [4.69, 9.17) is 4.74 Å². The van der Waals surface area contributed by atoms with Gasteiger partial charge in [0.25, 0.3) is 0 Å². The minimum absolute atomic E-state index is 0.283. The van der Waals surface area contributed by atoms with Gasteiger partial charge in [0.2, 0.25) is 0 Å². The molecule has 7 heteroatoms. The number of hydrogen-bond acceptors (Lipinski definition) is 7. The number of ether oxygens (including phenoxy) is 1. The van der Waals surface area contributed by atoms with Crippen molar-refractivity contribution >= 4 is 17.3 Å². The van der Waals surface area contributed by atoms with Crippen LogP contribution in [0.15, 0.2) is 35.7 Å². The zero-order chi connectivity index (χ0) is 16.9. The summed E-state index contributed by atoms with van der Waals surface area (Å²) < 4.78 is 5.36. The minimum Gasteiger partial charge on any atom is -0.508 e. The maximum Gasteiger partial charge on any atom is 0.151 e. The van der Waals surface area contributed by atoms with E-state index in [1.54, 1.807) is 6.07 Å². The lowest BCUT2D eigenvalue weighted by Crippen LogP contribution is -2.36. The van der Waals surface area contributed by atoms with Gasteiger partial charge < -0.3 is 14.7 Å². The van der Waals surface area contributed by atoms with Gasteiger partial charge in [-0.15, -0.1) is 0 Å². The molecule has 1 fully saturated rings. The van der Waals surface area contributed by atoms with Gasteiger partial charge in [0.15, 0.2) is 5.82 Å². The Bertz CT molecular complexity index is 742. The normalized spacial score (nSPS) is 15.4. The van der Waals surface area contributed by atoms with E-state index in [0.717, 1.165) is 35.7 Å². The van der Waals surface area contributed by atoms with Crippen molar-refractivity contribution in [1.82, 2.24) is 9.97 Å². The van der Waals surface area contributed by atoms with Crippen molar-refractivity contribution in [3.05, 3.63) is 41.7 Å². The second-order valence-corrected chi connectivity index (χ2v) is 5.67. The fourth-order valence-electron chi connectivity index (χ4n) is 2.46. The molecule has 1 saturated heterocycles. The molecule has 0 spiro atoms. The van der Waals surface area contributed by atoms with Crippen LogP contribution in [0.3, 0.4) is 0 Å². The fraction of sp³-hybridized carbons (Fsp3) is 0.353. The average Bonchev–Trinajstić information content (AvgIpc) is 2.63. The summed E-state index contributed by atoms with van der Waals surface area (Å²) in [5.74, 6) is 1.79. The van der Waals surface area contributed by atoms with Gasteiger partial charge in [-0.05, 0) is 43.2 Å². The molecule has 2 heterocycles. The molecule has 0 aliphatic carbocycles. The van der Waals surface area contributed by atoms with E-state index in [1.165, 1.54) is 6.33 Å². The predicted molar refractivity (Wildman–Crippen MR) is 93.7 cm³/mol. The number of nitrogens with zero attached hydrogens (tertiary/aromatic N) is 4. The predicted octanol–water partition coefficient (Wildman–Crippen LogP) is 2.16. The third kappa shape index (κ3) is 3.80. The highest BCUT2D eigenvalue weighted by molar-refractivity contribution is 5.99. The van der Waals surface area contributed by atoms with Gasteiger partial charge in [0.1, 0.15) is 17.9 Å². The first kappa shape index (κ1) is 16.2. The molecule has 2 N–H and O–H groups in total. The number of anilines is 2. The molecule has 0 saturated carbocycles. The quantitative estimate of drug-likeness (QED) is 0.661. The van der Waals surface area contributed by atoms with Crippen LogP contribution in [0.1, 0.15) is 18.1 Å². The molecule has 0 amide bonds. The molecule has 3 rings (SSSR count). The molecular formula is C17H21N5O2. The molecule has 1 aliphatic heterocycles. The Kier molecular flexibility index (Phi) is 4.90. The van der Waals surface area contributed by atoms with Crippen LogP contribution in [0.25, 0.3) is 0 Å². The van der Waals surface area contributed by atoms with Crippen LogP contribution in [0.4, 0.5) is 11.6 Å². The van der Waals surface area contributed by atoms with Gasteiger partial charge in [0, 0.05) is 19.2 Å². The Morgan fingerprint density at radius 2 is 2.04 bits per heavy atom. The molecule has 0 atom stereocenters. The zero-order valence-electron chi connectivity index (χ0n) is 13.9. The topological polar surface area (TPSA) is 82.9 Å². The maximum atomic E-state index is 9.60. The number of aromatic nitrogens is 2. The molecule has 0 bridgehead atoms. The van der Waals surface area contributed by atoms with E-state index in [-0.39, 0.29) is 5.75 Å². The number of rotatable bonds is 4. The van der Waals surface area contributed by atoms with Crippen LogP contribution >= 0.6 is 0 Å². The molecule has 1 aromatic heterocycles. The van der Waals surface area contributed by atoms with E-state index in [0.29, 0.717) is 19.0 Å². The summed E-state index contributed by atoms with van der Waals surface area (Å²) in [5, 5.41) is 14.0. The molecule has 7 nitrogen and oxygen atoms in total. The molecule has 0 radical (unpaired) electrons. The standard InChI is InChI=1S/C17H21N5O2/c1-12-9-14(3-4-15(12)23)13(2)20-21-16-10-17(19-11-18-16)22-5-7-24-8-6-22/h3-4,9-11,23H,5-8H2,1-2H3,(H,18,19,21). The summed E-state index contributed by atoms with van der Waals surface area (Å²) in [5.41, 5.74) is 5.55. The van der Waals surface area contributed by atoms with Crippen molar-refractivity contribution < 1.29 is 9.84 Å². The largest absolute Gasteiger partial charge is 0.508 e. The number of phenols is 1. The molecule has 0 unspecified atom stereocenters.